The van der Waals surface area contributed by atoms with E-state index in [1.807, 2.05) is 0 Å². The number of hydrogen-bond donors (Lipinski definition) is 1. The van der Waals surface area contributed by atoms with Crippen LogP contribution < -0.4 is 0 Å². The maximum atomic E-state index is 11.7. The van der Waals surface area contributed by atoms with Crippen molar-refractivity contribution in [3.8, 4) is 0 Å². The SMILES string of the molecule is C=C(CCCCCC)C(=O)OCCCCCCCCCC.CCCCCCCCCCCCCCCCCCCCC(CCCCCCCCC)C(=O)O. The molecule has 0 aliphatic rings. The molecular weight excluding hydrogens is 665 g/mol. The average molecular weight is 763 g/mol. The van der Waals surface area contributed by atoms with Crippen molar-refractivity contribution in [3.63, 3.8) is 0 Å². The number of carboxylic acids is 1. The van der Waals surface area contributed by atoms with Crippen molar-refractivity contribution in [2.24, 2.45) is 5.92 Å². The van der Waals surface area contributed by atoms with Crippen LogP contribution in [0.3, 0.4) is 0 Å². The minimum atomic E-state index is -0.562. The Morgan fingerprint density at radius 3 is 0.963 bits per heavy atom. The van der Waals surface area contributed by atoms with Crippen LogP contribution in [0.1, 0.15) is 285 Å². The van der Waals surface area contributed by atoms with Crippen LogP contribution in [0, 0.1) is 5.92 Å². The lowest BCUT2D eigenvalue weighted by Crippen LogP contribution is -2.13. The molecule has 0 saturated carbocycles. The summed E-state index contributed by atoms with van der Waals surface area (Å²) in [6, 6.07) is 0. The van der Waals surface area contributed by atoms with Crippen LogP contribution in [-0.4, -0.2) is 23.7 Å². The van der Waals surface area contributed by atoms with Crippen molar-refractivity contribution in [1.29, 1.82) is 0 Å². The molecule has 54 heavy (non-hydrogen) atoms. The van der Waals surface area contributed by atoms with Crippen molar-refractivity contribution in [3.05, 3.63) is 12.2 Å². The van der Waals surface area contributed by atoms with Gasteiger partial charge in [0.05, 0.1) is 12.5 Å². The van der Waals surface area contributed by atoms with E-state index in [1.54, 1.807) is 0 Å². The van der Waals surface area contributed by atoms with Crippen LogP contribution in [0.25, 0.3) is 0 Å². The van der Waals surface area contributed by atoms with Crippen molar-refractivity contribution < 1.29 is 19.4 Å². The van der Waals surface area contributed by atoms with Crippen LogP contribution in [0.15, 0.2) is 12.2 Å². The lowest BCUT2D eigenvalue weighted by atomic mass is 9.94. The summed E-state index contributed by atoms with van der Waals surface area (Å²) in [5, 5.41) is 9.49. The Balaban J connectivity index is 0. The second-order valence-corrected chi connectivity index (χ2v) is 16.8. The van der Waals surface area contributed by atoms with Gasteiger partial charge in [0, 0.05) is 5.57 Å². The number of unbranched alkanes of at least 4 members (excludes halogenated alkanes) is 33. The highest BCUT2D eigenvalue weighted by Crippen LogP contribution is 2.20. The molecule has 0 aliphatic heterocycles. The molecule has 4 nitrogen and oxygen atoms in total. The van der Waals surface area contributed by atoms with E-state index < -0.39 is 5.97 Å². The molecule has 0 aromatic carbocycles. The number of rotatable bonds is 43. The quantitative estimate of drug-likeness (QED) is 0.0382. The Kier molecular flexibility index (Phi) is 48.5. The molecule has 1 unspecified atom stereocenters. The third kappa shape index (κ3) is 45.1. The zero-order valence-electron chi connectivity index (χ0n) is 37.4. The second-order valence-electron chi connectivity index (χ2n) is 16.8. The molecule has 0 spiro atoms. The van der Waals surface area contributed by atoms with Crippen LogP contribution in [0.2, 0.25) is 0 Å². The molecule has 0 aromatic rings. The van der Waals surface area contributed by atoms with E-state index in [0.717, 1.165) is 44.9 Å². The third-order valence-corrected chi connectivity index (χ3v) is 11.3. The molecule has 0 amide bonds. The molecule has 0 aliphatic carbocycles. The first kappa shape index (κ1) is 54.8. The largest absolute Gasteiger partial charge is 0.481 e. The number of carbonyl (C=O) groups excluding carboxylic acids is 1. The summed E-state index contributed by atoms with van der Waals surface area (Å²) >= 11 is 0. The number of esters is 1. The van der Waals surface area contributed by atoms with Crippen molar-refractivity contribution >= 4 is 11.9 Å². The van der Waals surface area contributed by atoms with E-state index in [2.05, 4.69) is 34.3 Å². The molecule has 0 aromatic heterocycles. The minimum Gasteiger partial charge on any atom is -0.481 e. The highest BCUT2D eigenvalue weighted by Gasteiger charge is 2.16. The fourth-order valence-corrected chi connectivity index (χ4v) is 7.40. The van der Waals surface area contributed by atoms with Gasteiger partial charge in [0.15, 0.2) is 0 Å². The first-order valence-corrected chi connectivity index (χ1v) is 24.5. The zero-order valence-corrected chi connectivity index (χ0v) is 37.4. The summed E-state index contributed by atoms with van der Waals surface area (Å²) < 4.78 is 5.27. The van der Waals surface area contributed by atoms with Gasteiger partial charge in [0.25, 0.3) is 0 Å². The van der Waals surface area contributed by atoms with Crippen LogP contribution in [0.4, 0.5) is 0 Å². The van der Waals surface area contributed by atoms with E-state index in [4.69, 9.17) is 4.74 Å². The summed E-state index contributed by atoms with van der Waals surface area (Å²) in [7, 11) is 0. The van der Waals surface area contributed by atoms with Gasteiger partial charge in [0.1, 0.15) is 0 Å². The lowest BCUT2D eigenvalue weighted by molar-refractivity contribution is -0.142. The van der Waals surface area contributed by atoms with Gasteiger partial charge in [-0.1, -0.05) is 259 Å². The van der Waals surface area contributed by atoms with Gasteiger partial charge in [-0.3, -0.25) is 4.79 Å². The van der Waals surface area contributed by atoms with Gasteiger partial charge >= 0.3 is 11.9 Å². The van der Waals surface area contributed by atoms with Crippen LogP contribution >= 0.6 is 0 Å². The highest BCUT2D eigenvalue weighted by molar-refractivity contribution is 5.87. The van der Waals surface area contributed by atoms with Gasteiger partial charge < -0.3 is 9.84 Å². The van der Waals surface area contributed by atoms with E-state index in [9.17, 15) is 14.7 Å². The molecule has 1 atom stereocenters. The maximum Gasteiger partial charge on any atom is 0.333 e. The maximum absolute atomic E-state index is 11.7. The molecule has 0 fully saturated rings. The van der Waals surface area contributed by atoms with Crippen molar-refractivity contribution in [2.45, 2.75) is 285 Å². The third-order valence-electron chi connectivity index (χ3n) is 11.3. The molecule has 322 valence electrons. The van der Waals surface area contributed by atoms with Gasteiger partial charge in [-0.15, -0.1) is 0 Å². The summed E-state index contributed by atoms with van der Waals surface area (Å²) in [4.78, 5) is 23.2. The zero-order chi connectivity index (χ0) is 40.0. The van der Waals surface area contributed by atoms with E-state index >= 15 is 0 Å². The van der Waals surface area contributed by atoms with Gasteiger partial charge in [-0.25, -0.2) is 4.79 Å². The monoisotopic (exact) mass is 763 g/mol. The normalized spacial score (nSPS) is 11.6. The number of aliphatic carboxylic acids is 1. The molecule has 4 heteroatoms. The molecule has 0 bridgehead atoms. The van der Waals surface area contributed by atoms with Gasteiger partial charge in [-0.2, -0.15) is 0 Å². The number of ether oxygens (including phenoxy) is 1. The first-order chi connectivity index (χ1) is 26.4. The Morgan fingerprint density at radius 2 is 0.667 bits per heavy atom. The summed E-state index contributed by atoms with van der Waals surface area (Å²) in [6.07, 6.45) is 51.2. The molecule has 0 heterocycles. The molecule has 1 N–H and O–H groups in total. The van der Waals surface area contributed by atoms with Gasteiger partial charge in [-0.05, 0) is 32.1 Å². The van der Waals surface area contributed by atoms with E-state index in [1.165, 1.54) is 212 Å². The molecule has 0 saturated heterocycles. The Morgan fingerprint density at radius 1 is 0.407 bits per heavy atom. The van der Waals surface area contributed by atoms with E-state index in [0.29, 0.717) is 12.2 Å². The second kappa shape index (κ2) is 47.8. The van der Waals surface area contributed by atoms with Crippen molar-refractivity contribution in [1.82, 2.24) is 0 Å². The molecule has 0 rings (SSSR count). The smallest absolute Gasteiger partial charge is 0.333 e. The average Bonchev–Trinajstić information content (AvgIpc) is 3.17. The number of hydrogen-bond acceptors (Lipinski definition) is 3. The lowest BCUT2D eigenvalue weighted by Gasteiger charge is -2.12. The molecular formula is C50H98O4. The summed E-state index contributed by atoms with van der Waals surface area (Å²) in [5.74, 6) is -0.843. The predicted molar refractivity (Wildman–Crippen MR) is 239 cm³/mol. The molecule has 0 radical (unpaired) electrons. The Hall–Kier alpha value is -1.32. The predicted octanol–water partition coefficient (Wildman–Crippen LogP) is 17.5. The van der Waals surface area contributed by atoms with E-state index in [-0.39, 0.29) is 11.9 Å². The highest BCUT2D eigenvalue weighted by atomic mass is 16.5. The fourth-order valence-electron chi connectivity index (χ4n) is 7.40. The standard InChI is InChI=1S/C31H62O2.C19H36O2/c1-3-5-7-9-11-12-13-14-15-16-17-18-19-20-21-23-25-27-29-30(31(32)33)28-26-24-22-10-8-6-4-2;1-4-6-8-10-11-12-13-15-17-21-19(20)18(3)16-14-9-7-5-2/h30H,3-29H2,1-2H3,(H,32,33);3-17H2,1-2H3. The van der Waals surface area contributed by atoms with Crippen LogP contribution in [0.5, 0.6) is 0 Å². The summed E-state index contributed by atoms with van der Waals surface area (Å²) in [5.41, 5.74) is 0.644. The van der Waals surface area contributed by atoms with Crippen molar-refractivity contribution in [2.75, 3.05) is 6.61 Å². The minimum absolute atomic E-state index is 0.0956. The van der Waals surface area contributed by atoms with Crippen LogP contribution in [-0.2, 0) is 14.3 Å². The number of carboxylic acid groups (broad SMARTS) is 1. The first-order valence-electron chi connectivity index (χ1n) is 24.5. The summed E-state index contributed by atoms with van der Waals surface area (Å²) in [6.45, 7) is 13.4. The fraction of sp³-hybridized carbons (Fsp3) is 0.920. The van der Waals surface area contributed by atoms with Gasteiger partial charge in [0.2, 0.25) is 0 Å². The Bertz CT molecular complexity index is 762. The number of carbonyl (C=O) groups is 2. The Labute approximate surface area is 339 Å². The topological polar surface area (TPSA) is 63.6 Å².